The normalized spacial score (nSPS) is 14.8. The van der Waals surface area contributed by atoms with Crippen LogP contribution in [-0.4, -0.2) is 47.0 Å². The van der Waals surface area contributed by atoms with E-state index in [0.29, 0.717) is 12.5 Å². The van der Waals surface area contributed by atoms with Gasteiger partial charge in [-0.2, -0.15) is 0 Å². The third-order valence-corrected chi connectivity index (χ3v) is 7.39. The number of allylic oxidation sites excluding steroid dienone is 1. The predicted molar refractivity (Wildman–Crippen MR) is 138 cm³/mol. The zero-order chi connectivity index (χ0) is 23.9. The fraction of sp³-hybridized carbons (Fsp3) is 0.385. The van der Waals surface area contributed by atoms with Gasteiger partial charge in [0.2, 0.25) is 0 Å². The molecular formula is C26H31ClN4O2S. The molecule has 0 amide bonds. The minimum Gasteiger partial charge on any atom is -0.493 e. The van der Waals surface area contributed by atoms with Gasteiger partial charge in [0.25, 0.3) is 0 Å². The molecule has 2 heterocycles. The van der Waals surface area contributed by atoms with E-state index >= 15 is 0 Å². The van der Waals surface area contributed by atoms with Crippen molar-refractivity contribution in [3.8, 4) is 11.5 Å². The Bertz CT molecular complexity index is 1110. The fourth-order valence-corrected chi connectivity index (χ4v) is 5.48. The summed E-state index contributed by atoms with van der Waals surface area (Å²) in [5.41, 5.74) is 2.40. The first kappa shape index (κ1) is 24.6. The first-order valence-electron chi connectivity index (χ1n) is 11.5. The quantitative estimate of drug-likeness (QED) is 0.260. The molecule has 0 unspecified atom stereocenters. The number of methoxy groups -OCH3 is 2. The van der Waals surface area contributed by atoms with Gasteiger partial charge in [-0.3, -0.25) is 4.90 Å². The van der Waals surface area contributed by atoms with Crippen LogP contribution in [0.2, 0.25) is 5.02 Å². The molecule has 0 spiro atoms. The third-order valence-electron chi connectivity index (χ3n) is 6.12. The molecule has 0 atom stereocenters. The minimum absolute atomic E-state index is 0.398. The van der Waals surface area contributed by atoms with Crippen molar-refractivity contribution in [2.24, 2.45) is 0 Å². The van der Waals surface area contributed by atoms with Crippen LogP contribution < -0.4 is 9.47 Å². The lowest BCUT2D eigenvalue weighted by Gasteiger charge is -2.31. The van der Waals surface area contributed by atoms with Gasteiger partial charge in [0.1, 0.15) is 5.82 Å². The number of aromatic nitrogens is 3. The summed E-state index contributed by atoms with van der Waals surface area (Å²) in [6.07, 6.45) is 4.03. The van der Waals surface area contributed by atoms with Gasteiger partial charge in [-0.25, -0.2) is 0 Å². The lowest BCUT2D eigenvalue weighted by molar-refractivity contribution is 0.199. The Hall–Kier alpha value is -2.48. The van der Waals surface area contributed by atoms with Crippen LogP contribution in [0.4, 0.5) is 0 Å². The number of hydrogen-bond donors (Lipinski definition) is 0. The van der Waals surface area contributed by atoms with E-state index in [1.54, 1.807) is 26.0 Å². The number of ether oxygens (including phenoxy) is 2. The zero-order valence-corrected chi connectivity index (χ0v) is 21.3. The van der Waals surface area contributed by atoms with Gasteiger partial charge in [-0.1, -0.05) is 47.6 Å². The molecule has 8 heteroatoms. The molecule has 0 radical (unpaired) electrons. The zero-order valence-electron chi connectivity index (χ0n) is 19.7. The number of hydrogen-bond acceptors (Lipinski definition) is 6. The van der Waals surface area contributed by atoms with Crippen LogP contribution in [0.25, 0.3) is 0 Å². The molecule has 0 bridgehead atoms. The summed E-state index contributed by atoms with van der Waals surface area (Å²) >= 11 is 7.83. The highest BCUT2D eigenvalue weighted by Gasteiger charge is 2.26. The molecule has 1 aliphatic heterocycles. The molecule has 2 aromatic carbocycles. The molecule has 0 saturated carbocycles. The Morgan fingerprint density at radius 3 is 2.56 bits per heavy atom. The topological polar surface area (TPSA) is 52.4 Å². The van der Waals surface area contributed by atoms with Crippen molar-refractivity contribution in [3.05, 3.63) is 77.1 Å². The summed E-state index contributed by atoms with van der Waals surface area (Å²) in [4.78, 5) is 2.49. The highest BCUT2D eigenvalue weighted by molar-refractivity contribution is 7.98. The largest absolute Gasteiger partial charge is 0.493 e. The maximum absolute atomic E-state index is 6.13. The van der Waals surface area contributed by atoms with Crippen LogP contribution in [0, 0.1) is 0 Å². The Kier molecular flexibility index (Phi) is 8.53. The van der Waals surface area contributed by atoms with E-state index in [4.69, 9.17) is 21.1 Å². The molecule has 0 aliphatic carbocycles. The monoisotopic (exact) mass is 498 g/mol. The van der Waals surface area contributed by atoms with E-state index in [-0.39, 0.29) is 0 Å². The lowest BCUT2D eigenvalue weighted by atomic mass is 9.95. The van der Waals surface area contributed by atoms with Crippen LogP contribution in [0.15, 0.2) is 60.3 Å². The number of halogens is 1. The van der Waals surface area contributed by atoms with Gasteiger partial charge in [-0.15, -0.1) is 16.8 Å². The number of thioether (sulfide) groups is 1. The van der Waals surface area contributed by atoms with Crippen molar-refractivity contribution < 1.29 is 9.47 Å². The van der Waals surface area contributed by atoms with Gasteiger partial charge in [0, 0.05) is 29.8 Å². The van der Waals surface area contributed by atoms with Gasteiger partial charge in [-0.05, 0) is 61.3 Å². The smallest absolute Gasteiger partial charge is 0.191 e. The summed E-state index contributed by atoms with van der Waals surface area (Å²) in [7, 11) is 3.34. The van der Waals surface area contributed by atoms with Crippen LogP contribution in [-0.2, 0) is 18.8 Å². The molecule has 180 valence electrons. The van der Waals surface area contributed by atoms with Crippen LogP contribution in [0.1, 0.15) is 35.7 Å². The van der Waals surface area contributed by atoms with Gasteiger partial charge < -0.3 is 14.0 Å². The number of likely N-dealkylation sites (tertiary alicyclic amines) is 1. The maximum atomic E-state index is 6.13. The second kappa shape index (κ2) is 11.8. The summed E-state index contributed by atoms with van der Waals surface area (Å²) < 4.78 is 13.0. The molecule has 6 nitrogen and oxygen atoms in total. The molecule has 1 fully saturated rings. The van der Waals surface area contributed by atoms with Gasteiger partial charge in [0.15, 0.2) is 16.7 Å². The summed E-state index contributed by atoms with van der Waals surface area (Å²) in [6.45, 7) is 7.60. The summed E-state index contributed by atoms with van der Waals surface area (Å²) in [5, 5.41) is 10.8. The second-order valence-electron chi connectivity index (χ2n) is 8.40. The predicted octanol–water partition coefficient (Wildman–Crippen LogP) is 5.81. The maximum Gasteiger partial charge on any atom is 0.191 e. The fourth-order valence-electron chi connectivity index (χ4n) is 4.37. The van der Waals surface area contributed by atoms with E-state index in [1.807, 2.05) is 30.3 Å². The second-order valence-corrected chi connectivity index (χ2v) is 9.78. The molecule has 34 heavy (non-hydrogen) atoms. The van der Waals surface area contributed by atoms with Crippen molar-refractivity contribution in [3.63, 3.8) is 0 Å². The van der Waals surface area contributed by atoms with Crippen molar-refractivity contribution in [2.75, 3.05) is 27.3 Å². The summed E-state index contributed by atoms with van der Waals surface area (Å²) in [5.74, 6) is 3.80. The molecule has 0 N–H and O–H groups in total. The van der Waals surface area contributed by atoms with Crippen molar-refractivity contribution >= 4 is 23.4 Å². The highest BCUT2D eigenvalue weighted by Crippen LogP contribution is 2.32. The van der Waals surface area contributed by atoms with E-state index in [0.717, 1.165) is 65.7 Å². The average molecular weight is 499 g/mol. The first-order chi connectivity index (χ1) is 16.6. The average Bonchev–Trinajstić information content (AvgIpc) is 3.26. The van der Waals surface area contributed by atoms with Gasteiger partial charge >= 0.3 is 0 Å². The molecule has 3 aromatic rings. The van der Waals surface area contributed by atoms with Gasteiger partial charge in [0.05, 0.1) is 14.2 Å². The third kappa shape index (κ3) is 5.95. The van der Waals surface area contributed by atoms with Crippen molar-refractivity contribution in [2.45, 2.75) is 42.8 Å². The lowest BCUT2D eigenvalue weighted by Crippen LogP contribution is -2.33. The molecule has 4 rings (SSSR count). The SMILES string of the molecule is C=CCn1c(SCc2cccc(Cl)c2)nnc1C1CCN(Cc2ccc(OC)c(OC)c2)CC1. The highest BCUT2D eigenvalue weighted by atomic mass is 35.5. The minimum atomic E-state index is 0.398. The molecule has 1 saturated heterocycles. The van der Waals surface area contributed by atoms with Crippen LogP contribution >= 0.6 is 23.4 Å². The molecule has 1 aliphatic rings. The van der Waals surface area contributed by atoms with E-state index in [1.165, 1.54) is 11.1 Å². The summed E-state index contributed by atoms with van der Waals surface area (Å²) in [6, 6.07) is 14.1. The van der Waals surface area contributed by atoms with Crippen LogP contribution in [0.3, 0.4) is 0 Å². The standard InChI is InChI=1S/C26H31ClN4O2S/c1-4-12-31-25(28-29-26(31)34-18-20-6-5-7-22(27)15-20)21-10-13-30(14-11-21)17-19-8-9-23(32-2)24(16-19)33-3/h4-9,15-16,21H,1,10-14,17-18H2,2-3H3. The molecular weight excluding hydrogens is 468 g/mol. The van der Waals surface area contributed by atoms with Crippen molar-refractivity contribution in [1.29, 1.82) is 0 Å². The van der Waals surface area contributed by atoms with Crippen molar-refractivity contribution in [1.82, 2.24) is 19.7 Å². The van der Waals surface area contributed by atoms with E-state index in [9.17, 15) is 0 Å². The Labute approximate surface area is 210 Å². The Morgan fingerprint density at radius 1 is 1.06 bits per heavy atom. The number of rotatable bonds is 10. The van der Waals surface area contributed by atoms with Crippen LogP contribution in [0.5, 0.6) is 11.5 Å². The Morgan fingerprint density at radius 2 is 1.85 bits per heavy atom. The molecule has 1 aromatic heterocycles. The number of nitrogens with zero attached hydrogens (tertiary/aromatic N) is 4. The van der Waals surface area contributed by atoms with E-state index in [2.05, 4.69) is 44.4 Å². The first-order valence-corrected chi connectivity index (χ1v) is 12.8. The van der Waals surface area contributed by atoms with E-state index < -0.39 is 0 Å². The number of benzene rings is 2. The Balaban J connectivity index is 1.38. The number of piperidine rings is 1.